The van der Waals surface area contributed by atoms with Crippen LogP contribution in [0.3, 0.4) is 0 Å². The fraction of sp³-hybridized carbons (Fsp3) is 0.440. The maximum atomic E-state index is 13.4. The summed E-state index contributed by atoms with van der Waals surface area (Å²) in [7, 11) is 0.727. The predicted octanol–water partition coefficient (Wildman–Crippen LogP) is 5.71. The van der Waals surface area contributed by atoms with E-state index >= 15 is 0 Å². The van der Waals surface area contributed by atoms with Gasteiger partial charge >= 0.3 is 6.03 Å². The van der Waals surface area contributed by atoms with E-state index in [-0.39, 0.29) is 11.9 Å². The zero-order chi connectivity index (χ0) is 23.5. The van der Waals surface area contributed by atoms with Crippen molar-refractivity contribution in [2.75, 3.05) is 29.6 Å². The third-order valence-corrected chi connectivity index (χ3v) is 8.40. The van der Waals surface area contributed by atoms with Gasteiger partial charge in [-0.15, -0.1) is 0 Å². The summed E-state index contributed by atoms with van der Waals surface area (Å²) >= 11 is 3.52. The van der Waals surface area contributed by atoms with Crippen molar-refractivity contribution in [1.29, 1.82) is 0 Å². The maximum Gasteiger partial charge on any atom is 0.321 e. The van der Waals surface area contributed by atoms with Gasteiger partial charge in [-0.3, -0.25) is 9.00 Å². The Hall–Kier alpha value is -2.19. The van der Waals surface area contributed by atoms with Gasteiger partial charge in [0.05, 0.1) is 16.4 Å². The van der Waals surface area contributed by atoms with Gasteiger partial charge < -0.3 is 15.1 Å². The molecule has 1 atom stereocenters. The van der Waals surface area contributed by atoms with E-state index in [0.29, 0.717) is 28.9 Å². The standard InChI is InChI=1S/C25H30BrN3O3S/c1-3-4-5-6-7-12-33(32)19-8-9-23-17(13-19)10-11-29(23)24(30)20-14-18-16-28(2)25(31)27-22(18)15-21(20)26/h8-9,13-15H,3-7,10-12,16H2,1-2H3,(H,27,31). The molecule has 3 amide bonds. The number of halogens is 1. The van der Waals surface area contributed by atoms with Crippen LogP contribution in [-0.4, -0.2) is 40.4 Å². The Kier molecular flexibility index (Phi) is 7.54. The van der Waals surface area contributed by atoms with E-state index in [1.165, 1.54) is 19.3 Å². The minimum Gasteiger partial charge on any atom is -0.323 e. The quantitative estimate of drug-likeness (QED) is 0.443. The summed E-state index contributed by atoms with van der Waals surface area (Å²) in [6, 6.07) is 9.35. The van der Waals surface area contributed by atoms with Crippen molar-refractivity contribution < 1.29 is 13.8 Å². The van der Waals surface area contributed by atoms with E-state index in [9.17, 15) is 13.8 Å². The second-order valence-corrected chi connectivity index (χ2v) is 11.2. The number of carbonyl (C=O) groups excluding carboxylic acids is 2. The van der Waals surface area contributed by atoms with Crippen LogP contribution in [0.2, 0.25) is 0 Å². The topological polar surface area (TPSA) is 69.7 Å². The zero-order valence-electron chi connectivity index (χ0n) is 19.2. The first-order valence-electron chi connectivity index (χ1n) is 11.6. The number of amides is 3. The molecule has 0 radical (unpaired) electrons. The number of fused-ring (bicyclic) bond motifs is 2. The molecular weight excluding hydrogens is 502 g/mol. The number of unbranched alkanes of at least 4 members (excludes halogenated alkanes) is 4. The van der Waals surface area contributed by atoms with Crippen LogP contribution in [0.15, 0.2) is 39.7 Å². The molecule has 0 aromatic heterocycles. The molecule has 1 N–H and O–H groups in total. The monoisotopic (exact) mass is 531 g/mol. The molecule has 176 valence electrons. The van der Waals surface area contributed by atoms with Crippen LogP contribution in [0.5, 0.6) is 0 Å². The van der Waals surface area contributed by atoms with Gasteiger partial charge in [-0.1, -0.05) is 32.6 Å². The molecule has 1 unspecified atom stereocenters. The van der Waals surface area contributed by atoms with Crippen LogP contribution < -0.4 is 10.2 Å². The minimum absolute atomic E-state index is 0.0761. The smallest absolute Gasteiger partial charge is 0.321 e. The van der Waals surface area contributed by atoms with Crippen molar-refractivity contribution in [3.63, 3.8) is 0 Å². The second kappa shape index (κ2) is 10.4. The van der Waals surface area contributed by atoms with Crippen molar-refractivity contribution in [2.45, 2.75) is 56.9 Å². The van der Waals surface area contributed by atoms with E-state index in [1.54, 1.807) is 22.9 Å². The number of rotatable bonds is 8. The summed E-state index contributed by atoms with van der Waals surface area (Å²) in [4.78, 5) is 29.6. The number of nitrogens with one attached hydrogen (secondary N) is 1. The Morgan fingerprint density at radius 3 is 2.70 bits per heavy atom. The van der Waals surface area contributed by atoms with Crippen LogP contribution in [0.4, 0.5) is 16.2 Å². The van der Waals surface area contributed by atoms with E-state index in [4.69, 9.17) is 0 Å². The van der Waals surface area contributed by atoms with E-state index in [2.05, 4.69) is 28.2 Å². The van der Waals surface area contributed by atoms with Gasteiger partial charge in [-0.25, -0.2) is 4.79 Å². The molecule has 4 rings (SSSR count). The molecule has 0 fully saturated rings. The molecule has 0 saturated carbocycles. The highest BCUT2D eigenvalue weighted by Crippen LogP contribution is 2.35. The highest BCUT2D eigenvalue weighted by Gasteiger charge is 2.29. The van der Waals surface area contributed by atoms with Crippen LogP contribution in [0, 0.1) is 0 Å². The van der Waals surface area contributed by atoms with E-state index in [1.807, 2.05) is 24.3 Å². The van der Waals surface area contributed by atoms with E-state index < -0.39 is 10.8 Å². The highest BCUT2D eigenvalue weighted by molar-refractivity contribution is 9.10. The number of carbonyl (C=O) groups is 2. The van der Waals surface area contributed by atoms with Crippen molar-refractivity contribution in [1.82, 2.24) is 4.90 Å². The third-order valence-electron chi connectivity index (χ3n) is 6.31. The van der Waals surface area contributed by atoms with E-state index in [0.717, 1.165) is 46.7 Å². The molecule has 2 aliphatic rings. The van der Waals surface area contributed by atoms with Gasteiger partial charge in [0.25, 0.3) is 5.91 Å². The van der Waals surface area contributed by atoms with Crippen LogP contribution in [-0.2, 0) is 23.8 Å². The Bertz CT molecular complexity index is 1100. The van der Waals surface area contributed by atoms with Gasteiger partial charge in [0.15, 0.2) is 0 Å². The molecule has 0 aliphatic carbocycles. The normalized spacial score (nSPS) is 15.8. The molecule has 2 aliphatic heterocycles. The van der Waals surface area contributed by atoms with Gasteiger partial charge in [-0.2, -0.15) is 0 Å². The van der Waals surface area contributed by atoms with Gasteiger partial charge in [0.2, 0.25) is 0 Å². The molecule has 2 aromatic rings. The fourth-order valence-electron chi connectivity index (χ4n) is 4.40. The van der Waals surface area contributed by atoms with Crippen molar-refractivity contribution >= 4 is 50.0 Å². The highest BCUT2D eigenvalue weighted by atomic mass is 79.9. The largest absolute Gasteiger partial charge is 0.323 e. The lowest BCUT2D eigenvalue weighted by Gasteiger charge is -2.27. The lowest BCUT2D eigenvalue weighted by Crippen LogP contribution is -2.36. The summed E-state index contributed by atoms with van der Waals surface area (Å²) in [6.45, 7) is 3.25. The molecule has 8 heteroatoms. The number of benzene rings is 2. The molecule has 2 aromatic carbocycles. The third kappa shape index (κ3) is 5.17. The Labute approximate surface area is 206 Å². The summed E-state index contributed by atoms with van der Waals surface area (Å²) in [5, 5.41) is 2.85. The fourth-order valence-corrected chi connectivity index (χ4v) is 6.11. The maximum absolute atomic E-state index is 13.4. The average Bonchev–Trinajstić information content (AvgIpc) is 3.22. The SMILES string of the molecule is CCCCCCCS(=O)c1ccc2c(c1)CCN2C(=O)c1cc2c(cc1Br)NC(=O)N(C)C2. The van der Waals surface area contributed by atoms with Gasteiger partial charge in [-0.05, 0) is 70.2 Å². The Morgan fingerprint density at radius 1 is 1.12 bits per heavy atom. The summed E-state index contributed by atoms with van der Waals surface area (Å²) in [5.74, 6) is 0.617. The van der Waals surface area contributed by atoms with Crippen molar-refractivity contribution in [3.8, 4) is 0 Å². The van der Waals surface area contributed by atoms with Crippen molar-refractivity contribution in [2.24, 2.45) is 0 Å². The summed E-state index contributed by atoms with van der Waals surface area (Å²) in [5.41, 5.74) is 4.17. The van der Waals surface area contributed by atoms with Gasteiger partial charge in [0.1, 0.15) is 0 Å². The minimum atomic E-state index is -1.00. The number of hydrogen-bond acceptors (Lipinski definition) is 3. The lowest BCUT2D eigenvalue weighted by molar-refractivity contribution is 0.0988. The molecule has 0 saturated heterocycles. The van der Waals surface area contributed by atoms with Gasteiger partial charge in [0, 0.05) is 46.6 Å². The molecule has 6 nitrogen and oxygen atoms in total. The average molecular weight is 533 g/mol. The Morgan fingerprint density at radius 2 is 1.91 bits per heavy atom. The summed E-state index contributed by atoms with van der Waals surface area (Å²) < 4.78 is 13.4. The molecule has 0 bridgehead atoms. The summed E-state index contributed by atoms with van der Waals surface area (Å²) in [6.07, 6.45) is 6.51. The lowest BCUT2D eigenvalue weighted by atomic mass is 10.1. The number of urea groups is 1. The molecular formula is C25H30BrN3O3S. The molecule has 2 heterocycles. The number of anilines is 2. The van der Waals surface area contributed by atoms with Crippen LogP contribution in [0.1, 0.15) is 60.5 Å². The van der Waals surface area contributed by atoms with Crippen molar-refractivity contribution in [3.05, 3.63) is 51.5 Å². The molecule has 33 heavy (non-hydrogen) atoms. The second-order valence-electron chi connectivity index (χ2n) is 8.74. The predicted molar refractivity (Wildman–Crippen MR) is 136 cm³/mol. The van der Waals surface area contributed by atoms with Crippen LogP contribution >= 0.6 is 15.9 Å². The zero-order valence-corrected chi connectivity index (χ0v) is 21.6. The number of hydrogen-bond donors (Lipinski definition) is 1. The Balaban J connectivity index is 1.48. The molecule has 0 spiro atoms. The van der Waals surface area contributed by atoms with Crippen LogP contribution in [0.25, 0.3) is 0 Å². The first kappa shape index (κ1) is 24.0. The number of nitrogens with zero attached hydrogens (tertiary/aromatic N) is 2. The first-order chi connectivity index (χ1) is 15.9. The first-order valence-corrected chi connectivity index (χ1v) is 13.7.